The highest BCUT2D eigenvalue weighted by Crippen LogP contribution is 2.22. The summed E-state index contributed by atoms with van der Waals surface area (Å²) in [6, 6.07) is 1.75. The standard InChI is InChI=1S/C11H12BrN3O2/c1-11(2,3)17-10(16)15-9-7(12)4-5-13-8(9)6-14-15/h4-6H,1-3H3. The van der Waals surface area contributed by atoms with Crippen LogP contribution in [-0.4, -0.2) is 26.5 Å². The highest BCUT2D eigenvalue weighted by atomic mass is 79.9. The van der Waals surface area contributed by atoms with E-state index in [1.807, 2.05) is 20.8 Å². The van der Waals surface area contributed by atoms with Crippen molar-refractivity contribution in [2.24, 2.45) is 0 Å². The Morgan fingerprint density at radius 3 is 2.82 bits per heavy atom. The Balaban J connectivity index is 2.46. The fraction of sp³-hybridized carbons (Fsp3) is 0.364. The predicted molar refractivity (Wildman–Crippen MR) is 66.9 cm³/mol. The summed E-state index contributed by atoms with van der Waals surface area (Å²) in [6.07, 6.45) is 2.67. The zero-order valence-corrected chi connectivity index (χ0v) is 11.4. The van der Waals surface area contributed by atoms with E-state index in [0.717, 1.165) is 4.47 Å². The molecular weight excluding hydrogens is 286 g/mol. The van der Waals surface area contributed by atoms with Gasteiger partial charge in [-0.05, 0) is 42.8 Å². The molecule has 0 aliphatic heterocycles. The summed E-state index contributed by atoms with van der Waals surface area (Å²) in [5.74, 6) is 0. The van der Waals surface area contributed by atoms with Crippen molar-refractivity contribution in [2.75, 3.05) is 0 Å². The van der Waals surface area contributed by atoms with Crippen molar-refractivity contribution in [1.82, 2.24) is 14.8 Å². The Hall–Kier alpha value is -1.43. The zero-order chi connectivity index (χ0) is 12.6. The van der Waals surface area contributed by atoms with E-state index in [9.17, 15) is 4.79 Å². The Morgan fingerprint density at radius 2 is 2.18 bits per heavy atom. The van der Waals surface area contributed by atoms with Gasteiger partial charge in [0.1, 0.15) is 16.6 Å². The van der Waals surface area contributed by atoms with Crippen LogP contribution in [0.5, 0.6) is 0 Å². The van der Waals surface area contributed by atoms with Gasteiger partial charge < -0.3 is 4.74 Å². The number of fused-ring (bicyclic) bond motifs is 1. The van der Waals surface area contributed by atoms with Gasteiger partial charge in [0, 0.05) is 10.7 Å². The summed E-state index contributed by atoms with van der Waals surface area (Å²) in [5.41, 5.74) is 0.705. The largest absolute Gasteiger partial charge is 0.442 e. The average molecular weight is 298 g/mol. The number of carbonyl (C=O) groups is 1. The molecule has 0 N–H and O–H groups in total. The molecule has 17 heavy (non-hydrogen) atoms. The minimum atomic E-state index is -0.552. The Kier molecular flexibility index (Phi) is 2.91. The fourth-order valence-electron chi connectivity index (χ4n) is 1.36. The number of rotatable bonds is 0. The molecule has 0 amide bonds. The van der Waals surface area contributed by atoms with Gasteiger partial charge in [0.25, 0.3) is 0 Å². The summed E-state index contributed by atoms with van der Waals surface area (Å²) in [4.78, 5) is 16.0. The third kappa shape index (κ3) is 2.46. The molecule has 0 fully saturated rings. The average Bonchev–Trinajstić information content (AvgIpc) is 2.60. The van der Waals surface area contributed by atoms with E-state index in [4.69, 9.17) is 4.74 Å². The van der Waals surface area contributed by atoms with Crippen LogP contribution in [-0.2, 0) is 4.74 Å². The molecule has 2 heterocycles. The van der Waals surface area contributed by atoms with Crippen LogP contribution < -0.4 is 0 Å². The molecule has 0 aliphatic rings. The Morgan fingerprint density at radius 1 is 1.47 bits per heavy atom. The molecule has 2 aromatic heterocycles. The minimum absolute atomic E-state index is 0.513. The van der Waals surface area contributed by atoms with Gasteiger partial charge in [0.05, 0.1) is 6.20 Å². The topological polar surface area (TPSA) is 57.0 Å². The quantitative estimate of drug-likeness (QED) is 0.750. The molecule has 0 saturated carbocycles. The number of hydrogen-bond donors (Lipinski definition) is 0. The molecule has 0 bridgehead atoms. The third-order valence-electron chi connectivity index (χ3n) is 1.98. The molecule has 90 valence electrons. The van der Waals surface area contributed by atoms with Crippen molar-refractivity contribution >= 4 is 33.1 Å². The lowest BCUT2D eigenvalue weighted by Gasteiger charge is -2.19. The first-order chi connectivity index (χ1) is 7.88. The molecule has 2 aromatic rings. The van der Waals surface area contributed by atoms with E-state index >= 15 is 0 Å². The lowest BCUT2D eigenvalue weighted by atomic mass is 10.2. The summed E-state index contributed by atoms with van der Waals surface area (Å²) in [6.45, 7) is 5.43. The van der Waals surface area contributed by atoms with E-state index in [1.165, 1.54) is 10.9 Å². The van der Waals surface area contributed by atoms with Crippen LogP contribution in [0.3, 0.4) is 0 Å². The van der Waals surface area contributed by atoms with Gasteiger partial charge in [-0.1, -0.05) is 0 Å². The van der Waals surface area contributed by atoms with Crippen molar-refractivity contribution in [1.29, 1.82) is 0 Å². The van der Waals surface area contributed by atoms with Gasteiger partial charge in [-0.25, -0.2) is 4.79 Å². The number of aromatic nitrogens is 3. The minimum Gasteiger partial charge on any atom is -0.442 e. The molecular formula is C11H12BrN3O2. The lowest BCUT2D eigenvalue weighted by Crippen LogP contribution is -2.27. The van der Waals surface area contributed by atoms with Crippen molar-refractivity contribution in [3.8, 4) is 0 Å². The second kappa shape index (κ2) is 4.10. The van der Waals surface area contributed by atoms with Crippen LogP contribution in [0.2, 0.25) is 0 Å². The monoisotopic (exact) mass is 297 g/mol. The first-order valence-corrected chi connectivity index (χ1v) is 5.89. The van der Waals surface area contributed by atoms with Crippen LogP contribution in [0, 0.1) is 0 Å². The van der Waals surface area contributed by atoms with Crippen molar-refractivity contribution in [3.05, 3.63) is 22.9 Å². The van der Waals surface area contributed by atoms with Crippen LogP contribution in [0.15, 0.2) is 22.9 Å². The molecule has 0 aliphatic carbocycles. The van der Waals surface area contributed by atoms with Gasteiger partial charge in [0.15, 0.2) is 0 Å². The van der Waals surface area contributed by atoms with Crippen LogP contribution >= 0.6 is 15.9 Å². The Bertz CT molecular complexity index is 572. The normalized spacial score (nSPS) is 11.8. The Labute approximate surface area is 107 Å². The molecule has 0 saturated heterocycles. The number of nitrogens with zero attached hydrogens (tertiary/aromatic N) is 3. The van der Waals surface area contributed by atoms with E-state index in [-0.39, 0.29) is 0 Å². The first kappa shape index (κ1) is 12.0. The molecule has 0 aromatic carbocycles. The number of pyridine rings is 1. The van der Waals surface area contributed by atoms with Gasteiger partial charge in [-0.3, -0.25) is 4.98 Å². The van der Waals surface area contributed by atoms with Crippen LogP contribution in [0.4, 0.5) is 4.79 Å². The third-order valence-corrected chi connectivity index (χ3v) is 2.62. The molecule has 0 radical (unpaired) electrons. The van der Waals surface area contributed by atoms with Gasteiger partial charge in [-0.15, -0.1) is 0 Å². The second-order valence-corrected chi connectivity index (χ2v) is 5.42. The van der Waals surface area contributed by atoms with E-state index < -0.39 is 11.7 Å². The molecule has 5 nitrogen and oxygen atoms in total. The van der Waals surface area contributed by atoms with Crippen molar-refractivity contribution in [3.63, 3.8) is 0 Å². The highest BCUT2D eigenvalue weighted by molar-refractivity contribution is 9.10. The molecule has 0 spiro atoms. The summed E-state index contributed by atoms with van der Waals surface area (Å²) in [5, 5.41) is 3.99. The smallest absolute Gasteiger partial charge is 0.435 e. The number of ether oxygens (including phenoxy) is 1. The van der Waals surface area contributed by atoms with Crippen molar-refractivity contribution < 1.29 is 9.53 Å². The summed E-state index contributed by atoms with van der Waals surface area (Å²) < 4.78 is 7.22. The van der Waals surface area contributed by atoms with Gasteiger partial charge in [-0.2, -0.15) is 9.78 Å². The molecule has 0 unspecified atom stereocenters. The van der Waals surface area contributed by atoms with E-state index in [2.05, 4.69) is 26.0 Å². The molecule has 6 heteroatoms. The van der Waals surface area contributed by atoms with Crippen molar-refractivity contribution in [2.45, 2.75) is 26.4 Å². The maximum Gasteiger partial charge on any atom is 0.435 e. The maximum atomic E-state index is 11.9. The van der Waals surface area contributed by atoms with Crippen LogP contribution in [0.25, 0.3) is 11.0 Å². The lowest BCUT2D eigenvalue weighted by molar-refractivity contribution is 0.0522. The number of halogens is 1. The first-order valence-electron chi connectivity index (χ1n) is 5.10. The zero-order valence-electron chi connectivity index (χ0n) is 9.77. The second-order valence-electron chi connectivity index (χ2n) is 4.56. The number of carbonyl (C=O) groups excluding carboxylic acids is 1. The maximum absolute atomic E-state index is 11.9. The molecule has 0 atom stereocenters. The molecule has 2 rings (SSSR count). The van der Waals surface area contributed by atoms with Crippen LogP contribution in [0.1, 0.15) is 20.8 Å². The van der Waals surface area contributed by atoms with E-state index in [0.29, 0.717) is 11.0 Å². The van der Waals surface area contributed by atoms with E-state index in [1.54, 1.807) is 12.3 Å². The fourth-order valence-corrected chi connectivity index (χ4v) is 1.85. The van der Waals surface area contributed by atoms with Gasteiger partial charge >= 0.3 is 6.09 Å². The van der Waals surface area contributed by atoms with Gasteiger partial charge in [0.2, 0.25) is 0 Å². The summed E-state index contributed by atoms with van der Waals surface area (Å²) >= 11 is 3.37. The highest BCUT2D eigenvalue weighted by Gasteiger charge is 2.21. The SMILES string of the molecule is CC(C)(C)OC(=O)n1ncc2nccc(Br)c21. The number of hydrogen-bond acceptors (Lipinski definition) is 4. The predicted octanol–water partition coefficient (Wildman–Crippen LogP) is 2.98. The summed E-state index contributed by atoms with van der Waals surface area (Å²) in [7, 11) is 0.